The quantitative estimate of drug-likeness (QED) is 0.555. The van der Waals surface area contributed by atoms with Gasteiger partial charge in [0.1, 0.15) is 10.7 Å². The molecular weight excluding hydrogens is 444 g/mol. The molecular formula is C24H29ClN4O2S. The Labute approximate surface area is 196 Å². The third kappa shape index (κ3) is 3.91. The SMILES string of the molecule is C[S@](=O)c1c(NC2(CO)CCC2)nc(N2CCC(c3ccc(Cl)cc3)CC2)n2cccc12. The lowest BCUT2D eigenvalue weighted by Crippen LogP contribution is -2.49. The van der Waals surface area contributed by atoms with E-state index in [0.717, 1.165) is 61.7 Å². The van der Waals surface area contributed by atoms with Crippen LogP contribution in [0.3, 0.4) is 0 Å². The van der Waals surface area contributed by atoms with Gasteiger partial charge in [0.2, 0.25) is 5.95 Å². The first-order chi connectivity index (χ1) is 15.5. The second-order valence-electron chi connectivity index (χ2n) is 9.04. The maximum atomic E-state index is 12.7. The van der Waals surface area contributed by atoms with E-state index in [1.54, 1.807) is 6.26 Å². The maximum Gasteiger partial charge on any atom is 0.212 e. The summed E-state index contributed by atoms with van der Waals surface area (Å²) in [6.45, 7) is 1.85. The molecule has 0 spiro atoms. The van der Waals surface area contributed by atoms with Gasteiger partial charge in [0.25, 0.3) is 0 Å². The summed E-state index contributed by atoms with van der Waals surface area (Å²) in [5, 5.41) is 14.2. The number of anilines is 2. The molecule has 0 amide bonds. The Morgan fingerprint density at radius 1 is 1.22 bits per heavy atom. The molecule has 8 heteroatoms. The Balaban J connectivity index is 1.46. The standard InChI is InChI=1S/C24H29ClN4O2S/c1-32(31)21-20-4-2-13-29(20)23(26-22(21)27-24(16-30)11-3-12-24)28-14-9-18(10-15-28)17-5-7-19(25)8-6-17/h2,4-8,13,18,27,30H,3,9-12,14-16H2,1H3/t32-/m0/s1. The zero-order valence-corrected chi connectivity index (χ0v) is 19.8. The molecule has 1 saturated carbocycles. The van der Waals surface area contributed by atoms with Crippen molar-refractivity contribution in [2.75, 3.05) is 36.2 Å². The predicted octanol–water partition coefficient (Wildman–Crippen LogP) is 4.44. The van der Waals surface area contributed by atoms with E-state index in [-0.39, 0.29) is 12.1 Å². The molecule has 1 aromatic carbocycles. The number of benzene rings is 1. The summed E-state index contributed by atoms with van der Waals surface area (Å²) in [5.74, 6) is 2.01. The molecule has 2 aliphatic rings. The number of nitrogens with one attached hydrogen (secondary N) is 1. The average Bonchev–Trinajstić information content (AvgIpc) is 3.25. The maximum absolute atomic E-state index is 12.7. The minimum atomic E-state index is -1.21. The van der Waals surface area contributed by atoms with Crippen LogP contribution in [0.15, 0.2) is 47.5 Å². The summed E-state index contributed by atoms with van der Waals surface area (Å²) in [6, 6.07) is 12.2. The molecule has 3 aromatic rings. The van der Waals surface area contributed by atoms with Crippen LogP contribution in [-0.4, -0.2) is 50.2 Å². The fraction of sp³-hybridized carbons (Fsp3) is 0.458. The highest BCUT2D eigenvalue weighted by Gasteiger charge is 2.38. The van der Waals surface area contributed by atoms with Crippen LogP contribution in [0, 0.1) is 0 Å². The topological polar surface area (TPSA) is 69.9 Å². The molecule has 0 unspecified atom stereocenters. The summed E-state index contributed by atoms with van der Waals surface area (Å²) in [7, 11) is -1.21. The molecule has 5 rings (SSSR count). The molecule has 2 N–H and O–H groups in total. The van der Waals surface area contributed by atoms with E-state index in [4.69, 9.17) is 16.6 Å². The van der Waals surface area contributed by atoms with Crippen LogP contribution in [0.2, 0.25) is 5.02 Å². The van der Waals surface area contributed by atoms with E-state index < -0.39 is 10.8 Å². The number of halogens is 1. The van der Waals surface area contributed by atoms with E-state index in [1.165, 1.54) is 5.56 Å². The second kappa shape index (κ2) is 8.69. The number of fused-ring (bicyclic) bond motifs is 1. The van der Waals surface area contributed by atoms with E-state index in [1.807, 2.05) is 30.5 Å². The van der Waals surface area contributed by atoms with E-state index in [2.05, 4.69) is 26.8 Å². The highest BCUT2D eigenvalue weighted by molar-refractivity contribution is 7.84. The third-order valence-corrected chi connectivity index (χ3v) is 8.26. The Kier molecular flexibility index (Phi) is 5.90. The predicted molar refractivity (Wildman–Crippen MR) is 130 cm³/mol. The lowest BCUT2D eigenvalue weighted by atomic mass is 9.77. The fourth-order valence-electron chi connectivity index (χ4n) is 4.98. The molecule has 1 aliphatic heterocycles. The monoisotopic (exact) mass is 472 g/mol. The number of aliphatic hydroxyl groups excluding tert-OH is 1. The van der Waals surface area contributed by atoms with E-state index >= 15 is 0 Å². The molecule has 1 atom stereocenters. The number of aromatic nitrogens is 2. The van der Waals surface area contributed by atoms with Crippen LogP contribution < -0.4 is 10.2 Å². The minimum absolute atomic E-state index is 0.0540. The summed E-state index contributed by atoms with van der Waals surface area (Å²) in [5.41, 5.74) is 1.89. The van der Waals surface area contributed by atoms with Gasteiger partial charge in [-0.3, -0.25) is 8.61 Å². The van der Waals surface area contributed by atoms with Gasteiger partial charge in [0, 0.05) is 30.6 Å². The first kappa shape index (κ1) is 21.7. The largest absolute Gasteiger partial charge is 0.394 e. The summed E-state index contributed by atoms with van der Waals surface area (Å²) in [4.78, 5) is 8.02. The Morgan fingerprint density at radius 3 is 2.53 bits per heavy atom. The van der Waals surface area contributed by atoms with Crippen molar-refractivity contribution in [1.29, 1.82) is 0 Å². The number of hydrogen-bond acceptors (Lipinski definition) is 5. The minimum Gasteiger partial charge on any atom is -0.394 e. The van der Waals surface area contributed by atoms with Crippen LogP contribution in [0.1, 0.15) is 43.6 Å². The number of nitrogens with zero attached hydrogens (tertiary/aromatic N) is 3. The van der Waals surface area contributed by atoms with E-state index in [0.29, 0.717) is 16.6 Å². The summed E-state index contributed by atoms with van der Waals surface area (Å²) in [6.07, 6.45) is 8.64. The van der Waals surface area contributed by atoms with Crippen LogP contribution in [0.5, 0.6) is 0 Å². The van der Waals surface area contributed by atoms with Gasteiger partial charge < -0.3 is 15.3 Å². The van der Waals surface area contributed by atoms with Crippen molar-refractivity contribution in [3.8, 4) is 0 Å². The molecule has 170 valence electrons. The highest BCUT2D eigenvalue weighted by atomic mass is 35.5. The van der Waals surface area contributed by atoms with Crippen LogP contribution >= 0.6 is 11.6 Å². The number of aliphatic hydroxyl groups is 1. The molecule has 0 bridgehead atoms. The van der Waals surface area contributed by atoms with Gasteiger partial charge >= 0.3 is 0 Å². The number of rotatable bonds is 6. The average molecular weight is 473 g/mol. The van der Waals surface area contributed by atoms with Crippen molar-refractivity contribution < 1.29 is 9.32 Å². The molecule has 6 nitrogen and oxygen atoms in total. The molecule has 32 heavy (non-hydrogen) atoms. The number of hydrogen-bond donors (Lipinski definition) is 2. The first-order valence-electron chi connectivity index (χ1n) is 11.2. The molecule has 1 saturated heterocycles. The van der Waals surface area contributed by atoms with Crippen molar-refractivity contribution in [1.82, 2.24) is 9.38 Å². The third-order valence-electron chi connectivity index (χ3n) is 7.03. The van der Waals surface area contributed by atoms with Crippen LogP contribution in [0.25, 0.3) is 5.52 Å². The van der Waals surface area contributed by atoms with Crippen molar-refractivity contribution >= 4 is 39.7 Å². The van der Waals surface area contributed by atoms with Gasteiger partial charge in [-0.25, -0.2) is 0 Å². The number of piperidine rings is 1. The first-order valence-corrected chi connectivity index (χ1v) is 13.2. The van der Waals surface area contributed by atoms with Crippen LogP contribution in [0.4, 0.5) is 11.8 Å². The van der Waals surface area contributed by atoms with Crippen molar-refractivity contribution in [2.24, 2.45) is 0 Å². The smallest absolute Gasteiger partial charge is 0.212 e. The Morgan fingerprint density at radius 2 is 1.94 bits per heavy atom. The van der Waals surface area contributed by atoms with Crippen molar-refractivity contribution in [3.63, 3.8) is 0 Å². The van der Waals surface area contributed by atoms with Gasteiger partial charge in [-0.1, -0.05) is 23.7 Å². The molecule has 1 aliphatic carbocycles. The molecule has 2 fully saturated rings. The Hall–Kier alpha value is -2.09. The normalized spacial score (nSPS) is 19.7. The lowest BCUT2D eigenvalue weighted by molar-refractivity contribution is 0.143. The van der Waals surface area contributed by atoms with E-state index in [9.17, 15) is 9.32 Å². The lowest BCUT2D eigenvalue weighted by Gasteiger charge is -2.42. The summed E-state index contributed by atoms with van der Waals surface area (Å²) >= 11 is 6.06. The van der Waals surface area contributed by atoms with Gasteiger partial charge in [0.15, 0.2) is 0 Å². The second-order valence-corrected chi connectivity index (χ2v) is 10.8. The highest BCUT2D eigenvalue weighted by Crippen LogP contribution is 2.38. The van der Waals surface area contributed by atoms with Crippen molar-refractivity contribution in [3.05, 3.63) is 53.2 Å². The molecule has 3 heterocycles. The van der Waals surface area contributed by atoms with Gasteiger partial charge in [-0.05, 0) is 67.9 Å². The summed E-state index contributed by atoms with van der Waals surface area (Å²) < 4.78 is 14.8. The fourth-order valence-corrected chi connectivity index (χ4v) is 5.94. The molecule has 0 radical (unpaired) electrons. The zero-order chi connectivity index (χ0) is 22.3. The molecule has 2 aromatic heterocycles. The van der Waals surface area contributed by atoms with Gasteiger partial charge in [-0.15, -0.1) is 0 Å². The van der Waals surface area contributed by atoms with Gasteiger partial charge in [0.05, 0.1) is 28.5 Å². The Bertz CT molecular complexity index is 1130. The zero-order valence-electron chi connectivity index (χ0n) is 18.3. The van der Waals surface area contributed by atoms with Crippen molar-refractivity contribution in [2.45, 2.75) is 48.5 Å². The van der Waals surface area contributed by atoms with Gasteiger partial charge in [-0.2, -0.15) is 4.98 Å². The van der Waals surface area contributed by atoms with Crippen LogP contribution in [-0.2, 0) is 10.8 Å².